The van der Waals surface area contributed by atoms with Crippen molar-refractivity contribution in [1.82, 2.24) is 5.43 Å². The Hall–Kier alpha value is -2.82. The lowest BCUT2D eigenvalue weighted by atomic mass is 9.78. The number of hydrogen-bond donors (Lipinski definition) is 2. The van der Waals surface area contributed by atoms with Crippen LogP contribution in [0.25, 0.3) is 0 Å². The molecule has 0 unspecified atom stereocenters. The molecule has 0 aliphatic rings. The summed E-state index contributed by atoms with van der Waals surface area (Å²) in [5, 5.41) is 14.9. The van der Waals surface area contributed by atoms with Gasteiger partial charge in [0.15, 0.2) is 0 Å². The second-order valence-corrected chi connectivity index (χ2v) is 9.80. The van der Waals surface area contributed by atoms with E-state index in [2.05, 4.69) is 52.1 Å². The van der Waals surface area contributed by atoms with E-state index in [1.807, 2.05) is 43.3 Å². The van der Waals surface area contributed by atoms with E-state index in [0.717, 1.165) is 28.0 Å². The van der Waals surface area contributed by atoms with Gasteiger partial charge >= 0.3 is 0 Å². The van der Waals surface area contributed by atoms with E-state index in [4.69, 9.17) is 4.74 Å². The molecule has 0 aromatic heterocycles. The zero-order chi connectivity index (χ0) is 23.2. The number of nitrogens with zero attached hydrogens (tertiary/aromatic N) is 1. The number of phenolic OH excluding ortho intramolecular Hbond substituents is 1. The Morgan fingerprint density at radius 1 is 1.06 bits per heavy atom. The van der Waals surface area contributed by atoms with E-state index in [1.54, 1.807) is 6.21 Å². The van der Waals surface area contributed by atoms with Gasteiger partial charge in [0.05, 0.1) is 12.8 Å². The lowest BCUT2D eigenvalue weighted by Crippen LogP contribution is -2.20. The molecule has 0 atom stereocenters. The summed E-state index contributed by atoms with van der Waals surface area (Å²) in [5.74, 6) is 0.926. The van der Waals surface area contributed by atoms with Crippen molar-refractivity contribution in [2.45, 2.75) is 72.1 Å². The summed E-state index contributed by atoms with van der Waals surface area (Å²) in [4.78, 5) is 12.3. The van der Waals surface area contributed by atoms with Gasteiger partial charge in [0.2, 0.25) is 5.91 Å². The molecule has 2 rings (SSSR count). The Labute approximate surface area is 186 Å². The molecule has 0 spiro atoms. The van der Waals surface area contributed by atoms with E-state index in [0.29, 0.717) is 25.2 Å². The molecule has 0 bridgehead atoms. The van der Waals surface area contributed by atoms with Gasteiger partial charge in [-0.05, 0) is 53.0 Å². The summed E-state index contributed by atoms with van der Waals surface area (Å²) in [6, 6.07) is 11.6. The van der Waals surface area contributed by atoms with E-state index in [-0.39, 0.29) is 16.7 Å². The van der Waals surface area contributed by atoms with Gasteiger partial charge in [0.1, 0.15) is 11.5 Å². The maximum Gasteiger partial charge on any atom is 0.240 e. The van der Waals surface area contributed by atoms with Crippen molar-refractivity contribution < 1.29 is 14.6 Å². The Kier molecular flexibility index (Phi) is 7.88. The molecule has 2 aromatic carbocycles. The van der Waals surface area contributed by atoms with Gasteiger partial charge in [-0.3, -0.25) is 4.79 Å². The zero-order valence-electron chi connectivity index (χ0n) is 19.9. The van der Waals surface area contributed by atoms with Crippen molar-refractivity contribution in [2.24, 2.45) is 5.10 Å². The molecule has 2 aromatic rings. The number of carbonyl (C=O) groups is 1. The molecular weight excluding hydrogens is 388 g/mol. The SMILES string of the molecule is CCOc1ccccc1/C=N\NC(=O)CCc1cc(C(C)(C)C)c(O)c(C(C)(C)C)c1. The molecule has 0 saturated carbocycles. The van der Waals surface area contributed by atoms with Crippen LogP contribution in [0.2, 0.25) is 0 Å². The highest BCUT2D eigenvalue weighted by atomic mass is 16.5. The van der Waals surface area contributed by atoms with Gasteiger partial charge in [-0.2, -0.15) is 5.10 Å². The average molecular weight is 425 g/mol. The Balaban J connectivity index is 2.10. The highest BCUT2D eigenvalue weighted by Gasteiger charge is 2.26. The Morgan fingerprint density at radius 3 is 2.19 bits per heavy atom. The molecule has 0 saturated heterocycles. The van der Waals surface area contributed by atoms with E-state index >= 15 is 0 Å². The molecule has 168 valence electrons. The maximum atomic E-state index is 12.3. The molecule has 5 nitrogen and oxygen atoms in total. The molecule has 31 heavy (non-hydrogen) atoms. The summed E-state index contributed by atoms with van der Waals surface area (Å²) in [7, 11) is 0. The van der Waals surface area contributed by atoms with Crippen molar-refractivity contribution >= 4 is 12.1 Å². The molecule has 1 amide bonds. The fourth-order valence-electron chi connectivity index (χ4n) is 3.34. The van der Waals surface area contributed by atoms with Crippen molar-refractivity contribution in [3.05, 3.63) is 58.7 Å². The topological polar surface area (TPSA) is 70.9 Å². The first-order valence-electron chi connectivity index (χ1n) is 10.8. The number of nitrogens with one attached hydrogen (secondary N) is 1. The standard InChI is InChI=1S/C26H36N2O3/c1-8-31-22-12-10-9-11-19(22)17-27-28-23(29)14-13-18-15-20(25(2,3)4)24(30)21(16-18)26(5,6)7/h9-12,15-17,30H,8,13-14H2,1-7H3,(H,28,29)/b27-17-. The predicted molar refractivity (Wildman–Crippen MR) is 127 cm³/mol. The van der Waals surface area contributed by atoms with E-state index in [1.165, 1.54) is 0 Å². The monoisotopic (exact) mass is 424 g/mol. The second-order valence-electron chi connectivity index (χ2n) is 9.80. The lowest BCUT2D eigenvalue weighted by Gasteiger charge is -2.28. The molecule has 5 heteroatoms. The third-order valence-electron chi connectivity index (χ3n) is 5.04. The van der Waals surface area contributed by atoms with Crippen LogP contribution in [0.4, 0.5) is 0 Å². The van der Waals surface area contributed by atoms with Crippen LogP contribution in [0.5, 0.6) is 11.5 Å². The van der Waals surface area contributed by atoms with Crippen LogP contribution in [0.1, 0.15) is 77.1 Å². The maximum absolute atomic E-state index is 12.3. The van der Waals surface area contributed by atoms with Gasteiger partial charge in [0, 0.05) is 12.0 Å². The number of ether oxygens (including phenoxy) is 1. The third kappa shape index (κ3) is 6.84. The first-order chi connectivity index (χ1) is 14.4. The number of aromatic hydroxyl groups is 1. The van der Waals surface area contributed by atoms with Gasteiger partial charge in [0.25, 0.3) is 0 Å². The number of para-hydroxylation sites is 1. The number of aryl methyl sites for hydroxylation is 1. The number of carbonyl (C=O) groups excluding carboxylic acids is 1. The third-order valence-corrected chi connectivity index (χ3v) is 5.04. The van der Waals surface area contributed by atoms with Crippen LogP contribution in [0.3, 0.4) is 0 Å². The van der Waals surface area contributed by atoms with E-state index in [9.17, 15) is 9.90 Å². The number of phenols is 1. The number of benzene rings is 2. The van der Waals surface area contributed by atoms with Crippen LogP contribution >= 0.6 is 0 Å². The molecule has 0 aliphatic carbocycles. The fourth-order valence-corrected chi connectivity index (χ4v) is 3.34. The van der Waals surface area contributed by atoms with Gasteiger partial charge in [-0.25, -0.2) is 5.43 Å². The fraction of sp³-hybridized carbons (Fsp3) is 0.462. The smallest absolute Gasteiger partial charge is 0.240 e. The number of amides is 1. The number of hydrogen-bond acceptors (Lipinski definition) is 4. The summed E-state index contributed by atoms with van der Waals surface area (Å²) in [6.07, 6.45) is 2.48. The van der Waals surface area contributed by atoms with Crippen LogP contribution in [-0.2, 0) is 22.0 Å². The lowest BCUT2D eigenvalue weighted by molar-refractivity contribution is -0.121. The minimum absolute atomic E-state index is 0.159. The highest BCUT2D eigenvalue weighted by Crippen LogP contribution is 2.39. The summed E-state index contributed by atoms with van der Waals surface area (Å²) >= 11 is 0. The van der Waals surface area contributed by atoms with Gasteiger partial charge in [-0.15, -0.1) is 0 Å². The van der Waals surface area contributed by atoms with Gasteiger partial charge < -0.3 is 9.84 Å². The molecule has 0 fully saturated rings. The minimum Gasteiger partial charge on any atom is -0.507 e. The normalized spacial score (nSPS) is 12.2. The predicted octanol–water partition coefficient (Wildman–Crippen LogP) is 5.47. The van der Waals surface area contributed by atoms with Crippen molar-refractivity contribution in [2.75, 3.05) is 6.61 Å². The largest absolute Gasteiger partial charge is 0.507 e. The first kappa shape index (κ1) is 24.4. The zero-order valence-corrected chi connectivity index (χ0v) is 19.9. The van der Waals surface area contributed by atoms with Crippen LogP contribution in [0.15, 0.2) is 41.5 Å². The number of hydrazone groups is 1. The highest BCUT2D eigenvalue weighted by molar-refractivity contribution is 5.85. The van der Waals surface area contributed by atoms with Crippen LogP contribution < -0.4 is 10.2 Å². The van der Waals surface area contributed by atoms with Crippen molar-refractivity contribution in [3.63, 3.8) is 0 Å². The summed E-state index contributed by atoms with van der Waals surface area (Å²) in [6.45, 7) is 15.0. The van der Waals surface area contributed by atoms with Crippen molar-refractivity contribution in [1.29, 1.82) is 0 Å². The number of rotatable bonds is 7. The quantitative estimate of drug-likeness (QED) is 0.457. The molecule has 0 heterocycles. The van der Waals surface area contributed by atoms with Gasteiger partial charge in [-0.1, -0.05) is 65.8 Å². The average Bonchev–Trinajstić information content (AvgIpc) is 2.67. The first-order valence-corrected chi connectivity index (χ1v) is 10.8. The summed E-state index contributed by atoms with van der Waals surface area (Å²) in [5.41, 5.74) is 5.87. The molecular formula is C26H36N2O3. The molecule has 2 N–H and O–H groups in total. The van der Waals surface area contributed by atoms with E-state index < -0.39 is 0 Å². The minimum atomic E-state index is -0.194. The van der Waals surface area contributed by atoms with Crippen LogP contribution in [-0.4, -0.2) is 23.8 Å². The molecule has 0 aliphatic heterocycles. The summed E-state index contributed by atoms with van der Waals surface area (Å²) < 4.78 is 5.56. The van der Waals surface area contributed by atoms with Crippen LogP contribution in [0, 0.1) is 0 Å². The molecule has 0 radical (unpaired) electrons. The second kappa shape index (κ2) is 9.99. The van der Waals surface area contributed by atoms with Crippen molar-refractivity contribution in [3.8, 4) is 11.5 Å². The Bertz CT molecular complexity index is 899. The Morgan fingerprint density at radius 2 is 1.65 bits per heavy atom.